The van der Waals surface area contributed by atoms with Gasteiger partial charge in [0.05, 0.1) is 7.11 Å². The topological polar surface area (TPSA) is 29.5 Å². The largest absolute Gasteiger partial charge is 0.508 e. The van der Waals surface area contributed by atoms with Gasteiger partial charge >= 0.3 is 0 Å². The van der Waals surface area contributed by atoms with Crippen molar-refractivity contribution in [3.63, 3.8) is 0 Å². The van der Waals surface area contributed by atoms with Crippen molar-refractivity contribution in [2.75, 3.05) is 7.11 Å². The van der Waals surface area contributed by atoms with Crippen molar-refractivity contribution in [2.45, 2.75) is 51.9 Å². The summed E-state index contributed by atoms with van der Waals surface area (Å²) in [6.45, 7) is 11.4. The van der Waals surface area contributed by atoms with Crippen molar-refractivity contribution in [2.24, 2.45) is 0 Å². The van der Waals surface area contributed by atoms with Gasteiger partial charge < -0.3 is 9.84 Å². The van der Waals surface area contributed by atoms with Gasteiger partial charge in [0, 0.05) is 5.56 Å². The Morgan fingerprint density at radius 3 is 2.12 bits per heavy atom. The molecule has 2 aromatic carbocycles. The lowest BCUT2D eigenvalue weighted by Gasteiger charge is -2.22. The molecule has 1 aliphatic carbocycles. The number of ether oxygens (including phenoxy) is 1. The number of phenolic OH excluding ortho intramolecular Hbond substituents is 1. The number of benzene rings is 2. The molecule has 3 rings (SSSR count). The van der Waals surface area contributed by atoms with E-state index in [1.165, 1.54) is 11.1 Å². The van der Waals surface area contributed by atoms with Gasteiger partial charge in [0.25, 0.3) is 0 Å². The standard InChI is InChI=1S/C23H28O2/c1-15(11-16-7-9-17(24)10-8-16)18-12-19-20(13-21(18)25-6)23(4,5)14-22(19,2)3/h7-13,24H,14H2,1-6H3/b15-11+. The molecule has 0 bridgehead atoms. The lowest BCUT2D eigenvalue weighted by Crippen LogP contribution is -2.17. The fraction of sp³-hybridized carbons (Fsp3) is 0.391. The maximum Gasteiger partial charge on any atom is 0.126 e. The van der Waals surface area contributed by atoms with Crippen molar-refractivity contribution in [3.05, 3.63) is 58.7 Å². The van der Waals surface area contributed by atoms with Crippen LogP contribution in [0.25, 0.3) is 11.6 Å². The Balaban J connectivity index is 2.12. The number of methoxy groups -OCH3 is 1. The normalized spacial score (nSPS) is 18.1. The maximum atomic E-state index is 9.46. The lowest BCUT2D eigenvalue weighted by atomic mass is 9.82. The quantitative estimate of drug-likeness (QED) is 0.705. The summed E-state index contributed by atoms with van der Waals surface area (Å²) in [6.07, 6.45) is 3.28. The third kappa shape index (κ3) is 3.18. The number of fused-ring (bicyclic) bond motifs is 1. The zero-order chi connectivity index (χ0) is 18.4. The van der Waals surface area contributed by atoms with E-state index in [4.69, 9.17) is 4.74 Å². The molecular formula is C23H28O2. The molecule has 2 nitrogen and oxygen atoms in total. The second-order valence-electron chi connectivity index (χ2n) is 8.46. The first kappa shape index (κ1) is 17.6. The molecule has 132 valence electrons. The molecule has 0 radical (unpaired) electrons. The van der Waals surface area contributed by atoms with Crippen LogP contribution in [0.3, 0.4) is 0 Å². The van der Waals surface area contributed by atoms with Crippen molar-refractivity contribution in [1.82, 2.24) is 0 Å². The molecule has 0 saturated heterocycles. The molecule has 0 aromatic heterocycles. The Hall–Kier alpha value is -2.22. The molecule has 0 aliphatic heterocycles. The van der Waals surface area contributed by atoms with E-state index in [0.717, 1.165) is 28.9 Å². The van der Waals surface area contributed by atoms with Gasteiger partial charge in [0.2, 0.25) is 0 Å². The van der Waals surface area contributed by atoms with Crippen LogP contribution in [0, 0.1) is 0 Å². The van der Waals surface area contributed by atoms with E-state index in [1.54, 1.807) is 19.2 Å². The highest BCUT2D eigenvalue weighted by Gasteiger charge is 2.42. The molecule has 2 aromatic rings. The van der Waals surface area contributed by atoms with Crippen LogP contribution in [0.4, 0.5) is 0 Å². The summed E-state index contributed by atoms with van der Waals surface area (Å²) in [4.78, 5) is 0. The van der Waals surface area contributed by atoms with Crippen molar-refractivity contribution in [1.29, 1.82) is 0 Å². The van der Waals surface area contributed by atoms with Crippen LogP contribution >= 0.6 is 0 Å². The second-order valence-corrected chi connectivity index (χ2v) is 8.46. The van der Waals surface area contributed by atoms with Crippen molar-refractivity contribution >= 4 is 11.6 Å². The van der Waals surface area contributed by atoms with E-state index in [1.807, 2.05) is 12.1 Å². The third-order valence-electron chi connectivity index (χ3n) is 5.38. The van der Waals surface area contributed by atoms with Gasteiger partial charge in [0.1, 0.15) is 11.5 Å². The van der Waals surface area contributed by atoms with Crippen LogP contribution in [0.2, 0.25) is 0 Å². The average Bonchev–Trinajstić information content (AvgIpc) is 2.72. The van der Waals surface area contributed by atoms with Gasteiger partial charge in [-0.25, -0.2) is 0 Å². The van der Waals surface area contributed by atoms with Crippen LogP contribution < -0.4 is 4.74 Å². The average molecular weight is 336 g/mol. The minimum absolute atomic E-state index is 0.165. The first-order chi connectivity index (χ1) is 11.6. The Morgan fingerprint density at radius 2 is 1.56 bits per heavy atom. The number of hydrogen-bond donors (Lipinski definition) is 1. The van der Waals surface area contributed by atoms with E-state index < -0.39 is 0 Å². The Morgan fingerprint density at radius 1 is 1.00 bits per heavy atom. The van der Waals surface area contributed by atoms with Gasteiger partial charge in [0.15, 0.2) is 0 Å². The summed E-state index contributed by atoms with van der Waals surface area (Å²) < 4.78 is 5.73. The van der Waals surface area contributed by atoms with Gasteiger partial charge in [-0.1, -0.05) is 45.9 Å². The molecule has 1 N–H and O–H groups in total. The predicted octanol–water partition coefficient (Wildman–Crippen LogP) is 5.92. The van der Waals surface area contributed by atoms with Crippen LogP contribution in [-0.4, -0.2) is 12.2 Å². The van der Waals surface area contributed by atoms with E-state index in [0.29, 0.717) is 0 Å². The SMILES string of the molecule is COc1cc2c(cc1/C(C)=C/c1ccc(O)cc1)C(C)(C)CC2(C)C. The molecule has 0 atom stereocenters. The lowest BCUT2D eigenvalue weighted by molar-refractivity contribution is 0.400. The fourth-order valence-electron chi connectivity index (χ4n) is 4.37. The Bertz CT molecular complexity index is 824. The summed E-state index contributed by atoms with van der Waals surface area (Å²) in [5, 5.41) is 9.46. The Kier molecular flexibility index (Phi) is 4.18. The number of aromatic hydroxyl groups is 1. The van der Waals surface area contributed by atoms with Gasteiger partial charge in [-0.15, -0.1) is 0 Å². The molecule has 0 heterocycles. The number of hydrogen-bond acceptors (Lipinski definition) is 2. The highest BCUT2D eigenvalue weighted by molar-refractivity contribution is 5.83. The molecule has 0 amide bonds. The van der Waals surface area contributed by atoms with E-state index in [-0.39, 0.29) is 16.6 Å². The molecule has 0 fully saturated rings. The molecule has 25 heavy (non-hydrogen) atoms. The Labute approximate surface area is 151 Å². The minimum Gasteiger partial charge on any atom is -0.508 e. The fourth-order valence-corrected chi connectivity index (χ4v) is 4.37. The summed E-state index contributed by atoms with van der Waals surface area (Å²) in [5.41, 5.74) is 6.52. The monoisotopic (exact) mass is 336 g/mol. The van der Waals surface area contributed by atoms with Crippen LogP contribution in [0.1, 0.15) is 63.3 Å². The van der Waals surface area contributed by atoms with Gasteiger partial charge in [-0.2, -0.15) is 0 Å². The van der Waals surface area contributed by atoms with Crippen molar-refractivity contribution < 1.29 is 9.84 Å². The first-order valence-electron chi connectivity index (χ1n) is 8.85. The maximum absolute atomic E-state index is 9.46. The van der Waals surface area contributed by atoms with E-state index in [2.05, 4.69) is 52.8 Å². The zero-order valence-electron chi connectivity index (χ0n) is 16.1. The van der Waals surface area contributed by atoms with E-state index in [9.17, 15) is 5.11 Å². The molecule has 1 aliphatic rings. The smallest absolute Gasteiger partial charge is 0.126 e. The van der Waals surface area contributed by atoms with Crippen LogP contribution in [0.15, 0.2) is 36.4 Å². The number of phenols is 1. The molecule has 2 heteroatoms. The van der Waals surface area contributed by atoms with Gasteiger partial charge in [-0.3, -0.25) is 0 Å². The molecule has 0 unspecified atom stereocenters. The first-order valence-corrected chi connectivity index (χ1v) is 8.85. The summed E-state index contributed by atoms with van der Waals surface area (Å²) in [5.74, 6) is 1.21. The second kappa shape index (κ2) is 5.94. The minimum atomic E-state index is 0.165. The number of rotatable bonds is 3. The number of allylic oxidation sites excluding steroid dienone is 1. The van der Waals surface area contributed by atoms with E-state index >= 15 is 0 Å². The van der Waals surface area contributed by atoms with Gasteiger partial charge in [-0.05, 0) is 70.7 Å². The zero-order valence-corrected chi connectivity index (χ0v) is 16.1. The van der Waals surface area contributed by atoms with Crippen molar-refractivity contribution in [3.8, 4) is 11.5 Å². The highest BCUT2D eigenvalue weighted by atomic mass is 16.5. The summed E-state index contributed by atoms with van der Waals surface area (Å²) in [6, 6.07) is 11.8. The molecule has 0 saturated carbocycles. The molecular weight excluding hydrogens is 308 g/mol. The summed E-state index contributed by atoms with van der Waals surface area (Å²) in [7, 11) is 1.74. The molecule has 0 spiro atoms. The van der Waals surface area contributed by atoms with Crippen LogP contribution in [-0.2, 0) is 10.8 Å². The third-order valence-corrected chi connectivity index (χ3v) is 5.38. The predicted molar refractivity (Wildman–Crippen MR) is 105 cm³/mol. The highest BCUT2D eigenvalue weighted by Crippen LogP contribution is 2.51. The summed E-state index contributed by atoms with van der Waals surface area (Å²) >= 11 is 0. The van der Waals surface area contributed by atoms with Crippen LogP contribution in [0.5, 0.6) is 11.5 Å².